The van der Waals surface area contributed by atoms with Crippen LogP contribution in [0.15, 0.2) is 60.7 Å². The van der Waals surface area contributed by atoms with Gasteiger partial charge < -0.3 is 9.47 Å². The van der Waals surface area contributed by atoms with Crippen molar-refractivity contribution < 1.29 is 44.6 Å². The summed E-state index contributed by atoms with van der Waals surface area (Å²) >= 11 is 0. The molecule has 0 aromatic heterocycles. The molecule has 4 aromatic rings. The largest absolute Gasteiger partial charge is 0.495 e. The van der Waals surface area contributed by atoms with Crippen molar-refractivity contribution in [3.8, 4) is 34.5 Å². The average molecular weight is 548 g/mol. The highest BCUT2D eigenvalue weighted by molar-refractivity contribution is 5.64. The summed E-state index contributed by atoms with van der Waals surface area (Å²) in [7, 11) is 1.13. The zero-order chi connectivity index (χ0) is 28.5. The van der Waals surface area contributed by atoms with Gasteiger partial charge in [-0.05, 0) is 36.2 Å². The summed E-state index contributed by atoms with van der Waals surface area (Å²) in [4.78, 5) is 0. The zero-order valence-electron chi connectivity index (χ0n) is 20.1. The Kier molecular flexibility index (Phi) is 7.54. The van der Waals surface area contributed by atoms with Gasteiger partial charge >= 0.3 is 6.11 Å². The summed E-state index contributed by atoms with van der Waals surface area (Å²) < 4.78 is 124. The van der Waals surface area contributed by atoms with Crippen LogP contribution in [0, 0.1) is 53.7 Å². The quantitative estimate of drug-likeness (QED) is 0.186. The number of benzene rings is 4. The Morgan fingerprint density at radius 3 is 1.77 bits per heavy atom. The van der Waals surface area contributed by atoms with Crippen LogP contribution in [0.25, 0.3) is 11.1 Å². The number of aryl methyl sites for hydroxylation is 1. The number of rotatable bonds is 5. The number of hydrogen-bond acceptors (Lipinski definition) is 2. The lowest BCUT2D eigenvalue weighted by atomic mass is 10.0. The topological polar surface area (TPSA) is 18.5 Å². The molecule has 0 aliphatic rings. The van der Waals surface area contributed by atoms with Gasteiger partial charge in [-0.15, -0.1) is 0 Å². The van der Waals surface area contributed by atoms with Gasteiger partial charge in [0.15, 0.2) is 11.6 Å². The van der Waals surface area contributed by atoms with E-state index in [1.807, 2.05) is 0 Å². The Morgan fingerprint density at radius 2 is 1.21 bits per heavy atom. The molecule has 0 N–H and O–H groups in total. The van der Waals surface area contributed by atoms with Crippen LogP contribution >= 0.6 is 0 Å². The molecule has 10 heteroatoms. The van der Waals surface area contributed by atoms with Crippen LogP contribution in [0.3, 0.4) is 0 Å². The van der Waals surface area contributed by atoms with Crippen LogP contribution in [0.5, 0.6) is 11.5 Å². The molecular formula is C29H16F8O2. The van der Waals surface area contributed by atoms with Gasteiger partial charge in [-0.3, -0.25) is 0 Å². The van der Waals surface area contributed by atoms with E-state index in [4.69, 9.17) is 4.74 Å². The van der Waals surface area contributed by atoms with E-state index in [9.17, 15) is 35.1 Å². The molecule has 4 aromatic carbocycles. The Labute approximate surface area is 217 Å². The first-order valence-electron chi connectivity index (χ1n) is 11.1. The Balaban J connectivity index is 1.64. The molecule has 0 fully saturated rings. The fourth-order valence-electron chi connectivity index (χ4n) is 3.62. The van der Waals surface area contributed by atoms with Crippen molar-refractivity contribution in [1.82, 2.24) is 0 Å². The Morgan fingerprint density at radius 1 is 0.641 bits per heavy atom. The minimum Gasteiger partial charge on any atom is -0.495 e. The fourth-order valence-corrected chi connectivity index (χ4v) is 3.62. The lowest BCUT2D eigenvalue weighted by molar-refractivity contribution is -0.189. The van der Waals surface area contributed by atoms with Crippen molar-refractivity contribution in [3.05, 3.63) is 118 Å². The standard InChI is InChI=1S/C29H16F8O2/c1-15-3-5-16(6-4-15)18-10-25(34)28(26(35)11-18)29(36,37)39-19-12-21(30)20(22(31)13-19)8-7-17-9-23(32)24(33)14-27(17)38-2/h3-6,9-14H,1-2H3. The second kappa shape index (κ2) is 10.7. The van der Waals surface area contributed by atoms with Crippen molar-refractivity contribution in [3.63, 3.8) is 0 Å². The first-order valence-corrected chi connectivity index (χ1v) is 11.1. The number of alkyl halides is 2. The van der Waals surface area contributed by atoms with Crippen LogP contribution in [0.1, 0.15) is 22.3 Å². The summed E-state index contributed by atoms with van der Waals surface area (Å²) in [5.41, 5.74) is -1.69. The van der Waals surface area contributed by atoms with Crippen molar-refractivity contribution in [1.29, 1.82) is 0 Å². The summed E-state index contributed by atoms with van der Waals surface area (Å²) in [6.07, 6.45) is -4.66. The molecule has 0 heterocycles. The molecule has 0 saturated heterocycles. The molecule has 0 atom stereocenters. The molecule has 4 rings (SSSR count). The van der Waals surface area contributed by atoms with Gasteiger partial charge in [-0.1, -0.05) is 41.7 Å². The molecular weight excluding hydrogens is 532 g/mol. The number of methoxy groups -OCH3 is 1. The Hall–Kier alpha value is -4.52. The minimum absolute atomic E-state index is 0.0118. The van der Waals surface area contributed by atoms with E-state index < -0.39 is 57.9 Å². The van der Waals surface area contributed by atoms with Gasteiger partial charge in [0.05, 0.1) is 18.2 Å². The van der Waals surface area contributed by atoms with Gasteiger partial charge in [-0.2, -0.15) is 8.78 Å². The van der Waals surface area contributed by atoms with E-state index in [-0.39, 0.29) is 16.9 Å². The SMILES string of the molecule is COc1cc(F)c(F)cc1C#Cc1c(F)cc(OC(F)(F)c2c(F)cc(-c3ccc(C)cc3)cc2F)cc1F. The zero-order valence-corrected chi connectivity index (χ0v) is 20.1. The molecule has 0 aliphatic carbocycles. The lowest BCUT2D eigenvalue weighted by Gasteiger charge is -2.20. The summed E-state index contributed by atoms with van der Waals surface area (Å²) in [6, 6.07) is 9.80. The third-order valence-corrected chi connectivity index (χ3v) is 5.54. The predicted octanol–water partition coefficient (Wildman–Crippen LogP) is 8.03. The average Bonchev–Trinajstić information content (AvgIpc) is 2.84. The molecule has 2 nitrogen and oxygen atoms in total. The summed E-state index contributed by atoms with van der Waals surface area (Å²) in [5, 5.41) is 0. The van der Waals surface area contributed by atoms with E-state index in [0.29, 0.717) is 42.0 Å². The first kappa shape index (κ1) is 27.5. The maximum atomic E-state index is 14.8. The van der Waals surface area contributed by atoms with Crippen LogP contribution in [-0.2, 0) is 6.11 Å². The fraction of sp³-hybridized carbons (Fsp3) is 0.103. The van der Waals surface area contributed by atoms with Crippen molar-refractivity contribution in [2.24, 2.45) is 0 Å². The molecule has 0 aliphatic heterocycles. The molecule has 0 bridgehead atoms. The van der Waals surface area contributed by atoms with Crippen LogP contribution < -0.4 is 9.47 Å². The number of hydrogen-bond donors (Lipinski definition) is 0. The molecule has 0 radical (unpaired) electrons. The molecule has 39 heavy (non-hydrogen) atoms. The number of ether oxygens (including phenoxy) is 2. The van der Waals surface area contributed by atoms with Gasteiger partial charge in [0.2, 0.25) is 0 Å². The van der Waals surface area contributed by atoms with E-state index in [2.05, 4.69) is 16.6 Å². The normalized spacial score (nSPS) is 11.1. The smallest absolute Gasteiger partial charge is 0.432 e. The van der Waals surface area contributed by atoms with E-state index >= 15 is 0 Å². The lowest BCUT2D eigenvalue weighted by Crippen LogP contribution is -2.25. The van der Waals surface area contributed by atoms with Crippen molar-refractivity contribution in [2.75, 3.05) is 7.11 Å². The van der Waals surface area contributed by atoms with Crippen LogP contribution in [0.2, 0.25) is 0 Å². The minimum atomic E-state index is -4.66. The Bertz CT molecular complexity index is 1570. The van der Waals surface area contributed by atoms with Crippen molar-refractivity contribution in [2.45, 2.75) is 13.0 Å². The second-order valence-corrected chi connectivity index (χ2v) is 8.28. The molecule has 200 valence electrons. The molecule has 0 spiro atoms. The van der Waals surface area contributed by atoms with E-state index in [1.165, 1.54) is 0 Å². The first-order chi connectivity index (χ1) is 18.4. The van der Waals surface area contributed by atoms with Gasteiger partial charge in [-0.25, -0.2) is 26.3 Å². The maximum absolute atomic E-state index is 14.8. The van der Waals surface area contributed by atoms with Crippen LogP contribution in [-0.4, -0.2) is 7.11 Å². The highest BCUT2D eigenvalue weighted by Gasteiger charge is 2.41. The third kappa shape index (κ3) is 5.82. The van der Waals surface area contributed by atoms with E-state index in [1.54, 1.807) is 31.2 Å². The van der Waals surface area contributed by atoms with Gasteiger partial charge in [0.1, 0.15) is 40.3 Å². The van der Waals surface area contributed by atoms with Gasteiger partial charge in [0, 0.05) is 18.2 Å². The van der Waals surface area contributed by atoms with Crippen molar-refractivity contribution >= 4 is 0 Å². The van der Waals surface area contributed by atoms with Crippen LogP contribution in [0.4, 0.5) is 35.1 Å². The van der Waals surface area contributed by atoms with E-state index in [0.717, 1.165) is 12.7 Å². The summed E-state index contributed by atoms with van der Waals surface area (Å²) in [6.45, 7) is 1.79. The van der Waals surface area contributed by atoms with Gasteiger partial charge in [0.25, 0.3) is 0 Å². The maximum Gasteiger partial charge on any atom is 0.432 e. The predicted molar refractivity (Wildman–Crippen MR) is 126 cm³/mol. The molecule has 0 unspecified atom stereocenters. The number of halogens is 8. The highest BCUT2D eigenvalue weighted by Crippen LogP contribution is 2.37. The second-order valence-electron chi connectivity index (χ2n) is 8.28. The monoisotopic (exact) mass is 548 g/mol. The molecule has 0 saturated carbocycles. The highest BCUT2D eigenvalue weighted by atomic mass is 19.3. The summed E-state index contributed by atoms with van der Waals surface area (Å²) in [5.74, 6) is -5.80. The molecule has 0 amide bonds. The third-order valence-electron chi connectivity index (χ3n) is 5.54.